The van der Waals surface area contributed by atoms with Crippen LogP contribution >= 0.6 is 0 Å². The van der Waals surface area contributed by atoms with Gasteiger partial charge in [-0.15, -0.1) is 0 Å². The molecule has 1 amide bonds. The maximum absolute atomic E-state index is 13.3. The lowest BCUT2D eigenvalue weighted by Crippen LogP contribution is -2.46. The molecule has 1 heterocycles. The molecule has 1 N–H and O–H groups in total. The van der Waals surface area contributed by atoms with E-state index in [0.717, 1.165) is 0 Å². The number of amides is 1. The van der Waals surface area contributed by atoms with E-state index in [-0.39, 0.29) is 5.69 Å². The van der Waals surface area contributed by atoms with E-state index in [9.17, 15) is 22.4 Å². The number of nitrogens with one attached hydrogen (secondary N) is 1. The summed E-state index contributed by atoms with van der Waals surface area (Å²) in [5.74, 6) is -6.59. The number of pyridine rings is 1. The highest BCUT2D eigenvalue weighted by Gasteiger charge is 2.49. The Hall–Kier alpha value is -2.64. The molecule has 1 aromatic heterocycles. The molecule has 0 bridgehead atoms. The van der Waals surface area contributed by atoms with Gasteiger partial charge in [0.25, 0.3) is 5.91 Å². The van der Waals surface area contributed by atoms with Gasteiger partial charge in [0.15, 0.2) is 0 Å². The predicted octanol–water partition coefficient (Wildman–Crippen LogP) is 3.20. The van der Waals surface area contributed by atoms with Crippen molar-refractivity contribution in [3.8, 4) is 5.75 Å². The quantitative estimate of drug-likeness (QED) is 0.821. The van der Waals surface area contributed by atoms with Crippen molar-refractivity contribution in [1.29, 1.82) is 0 Å². The summed E-state index contributed by atoms with van der Waals surface area (Å²) in [6, 6.07) is 9.83. The second-order valence-corrected chi connectivity index (χ2v) is 4.83. The number of nitrogens with zero attached hydrogens (tertiary/aromatic N) is 1. The van der Waals surface area contributed by atoms with Crippen LogP contribution in [-0.4, -0.2) is 30.3 Å². The van der Waals surface area contributed by atoms with Crippen LogP contribution in [0.15, 0.2) is 48.7 Å². The van der Waals surface area contributed by atoms with Gasteiger partial charge in [-0.1, -0.05) is 24.3 Å². The molecular weight excluding hydrogens is 328 g/mol. The molecule has 0 aliphatic heterocycles. The summed E-state index contributed by atoms with van der Waals surface area (Å²) in [7, 11) is 1.36. The van der Waals surface area contributed by atoms with Crippen molar-refractivity contribution < 1.29 is 27.1 Å². The Labute approximate surface area is 135 Å². The second kappa shape index (κ2) is 7.29. The lowest BCUT2D eigenvalue weighted by atomic mass is 10.0. The van der Waals surface area contributed by atoms with Crippen molar-refractivity contribution in [2.24, 2.45) is 0 Å². The van der Waals surface area contributed by atoms with E-state index in [1.807, 2.05) is 5.32 Å². The summed E-state index contributed by atoms with van der Waals surface area (Å²) in [5, 5.41) is 1.93. The Morgan fingerprint density at radius 2 is 1.83 bits per heavy atom. The molecule has 128 valence electrons. The van der Waals surface area contributed by atoms with Crippen LogP contribution in [0.1, 0.15) is 17.3 Å². The van der Waals surface area contributed by atoms with Crippen LogP contribution in [0, 0.1) is 0 Å². The number of hydrogen-bond acceptors (Lipinski definition) is 3. The van der Waals surface area contributed by atoms with Gasteiger partial charge in [0.1, 0.15) is 11.8 Å². The summed E-state index contributed by atoms with van der Waals surface area (Å²) in [5.41, 5.74) is 0.525. The average molecular weight is 342 g/mol. The van der Waals surface area contributed by atoms with Gasteiger partial charge in [0, 0.05) is 11.8 Å². The number of carbonyl (C=O) groups excluding carboxylic acids is 1. The third-order valence-electron chi connectivity index (χ3n) is 3.29. The smallest absolute Gasteiger partial charge is 0.383 e. The van der Waals surface area contributed by atoms with E-state index in [1.165, 1.54) is 25.4 Å². The van der Waals surface area contributed by atoms with Crippen LogP contribution in [0.2, 0.25) is 0 Å². The summed E-state index contributed by atoms with van der Waals surface area (Å²) in [6.07, 6.45) is -2.71. The van der Waals surface area contributed by atoms with Gasteiger partial charge >= 0.3 is 12.3 Å². The van der Waals surface area contributed by atoms with Crippen molar-refractivity contribution in [3.05, 3.63) is 59.9 Å². The minimum Gasteiger partial charge on any atom is -0.496 e. The average Bonchev–Trinajstić information content (AvgIpc) is 2.60. The first-order valence-corrected chi connectivity index (χ1v) is 6.88. The molecule has 2 rings (SSSR count). The number of carbonyl (C=O) groups is 1. The minimum absolute atomic E-state index is 0.209. The molecular formula is C16H14F4N2O2. The summed E-state index contributed by atoms with van der Waals surface area (Å²) in [6.45, 7) is 0. The first-order chi connectivity index (χ1) is 11.4. The first-order valence-electron chi connectivity index (χ1n) is 6.88. The molecule has 4 nitrogen and oxygen atoms in total. The fraction of sp³-hybridized carbons (Fsp3) is 0.250. The van der Waals surface area contributed by atoms with Crippen LogP contribution in [0.5, 0.6) is 5.75 Å². The van der Waals surface area contributed by atoms with E-state index in [0.29, 0.717) is 11.3 Å². The Balaban J connectivity index is 2.44. The highest BCUT2D eigenvalue weighted by Crippen LogP contribution is 2.31. The molecule has 2 aromatic rings. The molecule has 0 saturated carbocycles. The van der Waals surface area contributed by atoms with Gasteiger partial charge in [0.05, 0.1) is 12.8 Å². The lowest BCUT2D eigenvalue weighted by Gasteiger charge is -2.23. The maximum Gasteiger partial charge on any atom is 0.383 e. The minimum atomic E-state index is -4.81. The van der Waals surface area contributed by atoms with Gasteiger partial charge in [-0.05, 0) is 18.2 Å². The largest absolute Gasteiger partial charge is 0.496 e. The summed E-state index contributed by atoms with van der Waals surface area (Å²) >= 11 is 0. The van der Waals surface area contributed by atoms with Crippen LogP contribution in [-0.2, 0) is 4.79 Å². The number of para-hydroxylation sites is 1. The van der Waals surface area contributed by atoms with Crippen molar-refractivity contribution in [3.63, 3.8) is 0 Å². The number of methoxy groups -OCH3 is 1. The number of rotatable bonds is 6. The highest BCUT2D eigenvalue weighted by molar-refractivity contribution is 5.84. The molecule has 0 spiro atoms. The standard InChI is InChI=1S/C16H14F4N2O2/c1-24-12-8-3-2-6-10(12)13(11-7-4-5-9-21-11)22-15(23)16(19,20)14(17)18/h2-9,13-14H,1H3,(H,22,23)/t13-/m1/s1. The van der Waals surface area contributed by atoms with Crippen LogP contribution < -0.4 is 10.1 Å². The fourth-order valence-corrected chi connectivity index (χ4v) is 2.09. The summed E-state index contributed by atoms with van der Waals surface area (Å²) < 4.78 is 56.6. The van der Waals surface area contributed by atoms with Crippen molar-refractivity contribution >= 4 is 5.91 Å². The zero-order chi connectivity index (χ0) is 17.7. The number of alkyl halides is 4. The molecule has 24 heavy (non-hydrogen) atoms. The van der Waals surface area contributed by atoms with Crippen molar-refractivity contribution in [2.45, 2.75) is 18.4 Å². The third-order valence-corrected chi connectivity index (χ3v) is 3.29. The molecule has 1 aromatic carbocycles. The molecule has 0 aliphatic rings. The third kappa shape index (κ3) is 3.64. The van der Waals surface area contributed by atoms with Gasteiger partial charge in [-0.3, -0.25) is 9.78 Å². The molecule has 0 aliphatic carbocycles. The van der Waals surface area contributed by atoms with E-state index in [4.69, 9.17) is 4.74 Å². The van der Waals surface area contributed by atoms with E-state index in [1.54, 1.807) is 30.3 Å². The first kappa shape index (κ1) is 17.7. The molecule has 0 radical (unpaired) electrons. The number of benzene rings is 1. The number of ether oxygens (including phenoxy) is 1. The van der Waals surface area contributed by atoms with Crippen molar-refractivity contribution in [1.82, 2.24) is 10.3 Å². The summed E-state index contributed by atoms with van der Waals surface area (Å²) in [4.78, 5) is 15.7. The Morgan fingerprint density at radius 1 is 1.17 bits per heavy atom. The Bertz CT molecular complexity index is 695. The van der Waals surface area contributed by atoms with Crippen molar-refractivity contribution in [2.75, 3.05) is 7.11 Å². The predicted molar refractivity (Wildman–Crippen MR) is 78.2 cm³/mol. The number of hydrogen-bond donors (Lipinski definition) is 1. The highest BCUT2D eigenvalue weighted by atomic mass is 19.3. The molecule has 1 atom stereocenters. The van der Waals surface area contributed by atoms with E-state index < -0.39 is 24.3 Å². The molecule has 0 saturated heterocycles. The Morgan fingerprint density at radius 3 is 2.42 bits per heavy atom. The van der Waals surface area contributed by atoms with Gasteiger partial charge < -0.3 is 10.1 Å². The van der Waals surface area contributed by atoms with Crippen LogP contribution in [0.4, 0.5) is 17.6 Å². The van der Waals surface area contributed by atoms with Crippen LogP contribution in [0.25, 0.3) is 0 Å². The molecule has 0 fully saturated rings. The fourth-order valence-electron chi connectivity index (χ4n) is 2.09. The zero-order valence-electron chi connectivity index (χ0n) is 12.5. The van der Waals surface area contributed by atoms with E-state index in [2.05, 4.69) is 4.98 Å². The topological polar surface area (TPSA) is 51.2 Å². The molecule has 0 unspecified atom stereocenters. The number of aromatic nitrogens is 1. The van der Waals surface area contributed by atoms with Crippen LogP contribution in [0.3, 0.4) is 0 Å². The SMILES string of the molecule is COc1ccccc1[C@@H](NC(=O)C(F)(F)C(F)F)c1ccccn1. The maximum atomic E-state index is 13.3. The Kier molecular flexibility index (Phi) is 5.38. The monoisotopic (exact) mass is 342 g/mol. The molecule has 8 heteroatoms. The van der Waals surface area contributed by atoms with Gasteiger partial charge in [-0.2, -0.15) is 8.78 Å². The van der Waals surface area contributed by atoms with E-state index >= 15 is 0 Å². The zero-order valence-corrected chi connectivity index (χ0v) is 12.5. The normalized spacial score (nSPS) is 12.8. The second-order valence-electron chi connectivity index (χ2n) is 4.83. The van der Waals surface area contributed by atoms with Gasteiger partial charge in [-0.25, -0.2) is 8.78 Å². The lowest BCUT2D eigenvalue weighted by molar-refractivity contribution is -0.170. The van der Waals surface area contributed by atoms with Gasteiger partial charge in [0.2, 0.25) is 0 Å². The number of halogens is 4.